The van der Waals surface area contributed by atoms with Crippen LogP contribution in [0.4, 0.5) is 5.95 Å². The fourth-order valence-electron chi connectivity index (χ4n) is 0.460. The van der Waals surface area contributed by atoms with E-state index in [2.05, 4.69) is 15.0 Å². The zero-order valence-electron chi connectivity index (χ0n) is 4.87. The van der Waals surface area contributed by atoms with Crippen LogP contribution in [0.3, 0.4) is 0 Å². The van der Waals surface area contributed by atoms with Crippen molar-refractivity contribution in [3.05, 3.63) is 22.6 Å². The molecule has 0 atom stereocenters. The number of nitrogens with zero attached hydrogens (tertiary/aromatic N) is 2. The zero-order chi connectivity index (χ0) is 7.40. The first kappa shape index (κ1) is 6.38. The predicted octanol–water partition coefficient (Wildman–Crippen LogP) is -0.263. The van der Waals surface area contributed by atoms with E-state index in [0.29, 0.717) is 0 Å². The lowest BCUT2D eigenvalue weighted by Crippen LogP contribution is -2.02. The van der Waals surface area contributed by atoms with Crippen LogP contribution >= 0.6 is 0 Å². The van der Waals surface area contributed by atoms with Gasteiger partial charge in [0.15, 0.2) is 0 Å². The summed E-state index contributed by atoms with van der Waals surface area (Å²) in [6.45, 7) is 0. The average molecular weight is 137 g/mol. The molecule has 0 aliphatic heterocycles. The van der Waals surface area contributed by atoms with Gasteiger partial charge >= 0.3 is 0 Å². The topological polar surface area (TPSA) is 75.2 Å². The van der Waals surface area contributed by atoms with Gasteiger partial charge in [0, 0.05) is 12.3 Å². The highest BCUT2D eigenvalue weighted by atomic mass is 16.1. The lowest BCUT2D eigenvalue weighted by molar-refractivity contribution is 0.565. The van der Waals surface area contributed by atoms with Gasteiger partial charge in [-0.25, -0.2) is 9.78 Å². The fraction of sp³-hybridized carbons (Fsp3) is 0. The summed E-state index contributed by atoms with van der Waals surface area (Å²) in [4.78, 5) is 29.0. The molecule has 1 aromatic heterocycles. The number of hydrogen-bond donors (Lipinski definition) is 1. The maximum Gasteiger partial charge on any atom is 0.252 e. The van der Waals surface area contributed by atoms with Crippen LogP contribution < -0.4 is 5.56 Å². The third-order valence-electron chi connectivity index (χ3n) is 0.809. The van der Waals surface area contributed by atoms with Crippen LogP contribution in [0.1, 0.15) is 0 Å². The Kier molecular flexibility index (Phi) is 1.72. The summed E-state index contributed by atoms with van der Waals surface area (Å²) in [6, 6.07) is 1.23. The highest BCUT2D eigenvalue weighted by Gasteiger charge is 1.87. The second-order valence-corrected chi connectivity index (χ2v) is 1.46. The van der Waals surface area contributed by atoms with E-state index in [4.69, 9.17) is 0 Å². The molecule has 0 saturated carbocycles. The Morgan fingerprint density at radius 2 is 2.50 bits per heavy atom. The molecule has 0 fully saturated rings. The van der Waals surface area contributed by atoms with E-state index in [-0.39, 0.29) is 11.5 Å². The third-order valence-corrected chi connectivity index (χ3v) is 0.809. The quantitative estimate of drug-likeness (QED) is 0.428. The van der Waals surface area contributed by atoms with E-state index in [1.54, 1.807) is 0 Å². The summed E-state index contributed by atoms with van der Waals surface area (Å²) in [5.74, 6) is -0.0255. The molecule has 0 unspecified atom stereocenters. The molecule has 0 spiro atoms. The molecule has 5 nitrogen and oxygen atoms in total. The van der Waals surface area contributed by atoms with Gasteiger partial charge < -0.3 is 0 Å². The van der Waals surface area contributed by atoms with E-state index < -0.39 is 0 Å². The van der Waals surface area contributed by atoms with Crippen LogP contribution in [-0.2, 0) is 4.79 Å². The smallest absolute Gasteiger partial charge is 0.252 e. The van der Waals surface area contributed by atoms with Gasteiger partial charge in [0.25, 0.3) is 5.56 Å². The van der Waals surface area contributed by atoms with Crippen molar-refractivity contribution < 1.29 is 4.79 Å². The van der Waals surface area contributed by atoms with E-state index in [1.165, 1.54) is 18.3 Å². The summed E-state index contributed by atoms with van der Waals surface area (Å²) in [5, 5.41) is 0. The van der Waals surface area contributed by atoms with E-state index in [9.17, 15) is 9.59 Å². The van der Waals surface area contributed by atoms with Gasteiger partial charge in [-0.3, -0.25) is 9.78 Å². The molecule has 0 amide bonds. The number of rotatable bonds is 1. The summed E-state index contributed by atoms with van der Waals surface area (Å²) >= 11 is 0. The summed E-state index contributed by atoms with van der Waals surface area (Å²) in [5.41, 5.74) is -0.344. The van der Waals surface area contributed by atoms with Gasteiger partial charge in [0.2, 0.25) is 12.0 Å². The molecular formula is C5H3N3O2. The molecule has 1 aromatic rings. The van der Waals surface area contributed by atoms with Crippen molar-refractivity contribution in [2.45, 2.75) is 0 Å². The maximum absolute atomic E-state index is 10.5. The Bertz CT molecular complexity index is 324. The Balaban J connectivity index is 3.19. The van der Waals surface area contributed by atoms with Gasteiger partial charge in [-0.2, -0.15) is 0 Å². The van der Waals surface area contributed by atoms with Crippen molar-refractivity contribution in [2.24, 2.45) is 4.99 Å². The number of carbonyl (C=O) groups excluding carboxylic acids is 1. The molecule has 0 radical (unpaired) electrons. The molecular weight excluding hydrogens is 134 g/mol. The van der Waals surface area contributed by atoms with Crippen molar-refractivity contribution in [1.82, 2.24) is 9.97 Å². The predicted molar refractivity (Wildman–Crippen MR) is 32.6 cm³/mol. The second-order valence-electron chi connectivity index (χ2n) is 1.46. The number of H-pyrrole nitrogens is 1. The van der Waals surface area contributed by atoms with Crippen molar-refractivity contribution in [3.8, 4) is 0 Å². The third kappa shape index (κ3) is 1.37. The van der Waals surface area contributed by atoms with Crippen LogP contribution in [0.25, 0.3) is 0 Å². The van der Waals surface area contributed by atoms with Gasteiger partial charge in [0.1, 0.15) is 0 Å². The standard InChI is InChI=1S/C5H3N3O2/c9-3-7-5-6-2-1-4(10)8-5/h1-2H,(H,6,8,10). The first-order valence-electron chi connectivity index (χ1n) is 2.46. The number of aromatic nitrogens is 2. The zero-order valence-corrected chi connectivity index (χ0v) is 4.87. The Labute approximate surface area is 55.5 Å². The SMILES string of the molecule is O=C=Nc1nccc(=O)[nH]1. The van der Waals surface area contributed by atoms with Crippen LogP contribution in [0, 0.1) is 0 Å². The lowest BCUT2D eigenvalue weighted by atomic mass is 10.7. The van der Waals surface area contributed by atoms with Crippen molar-refractivity contribution in [1.29, 1.82) is 0 Å². The molecule has 10 heavy (non-hydrogen) atoms. The molecule has 0 aromatic carbocycles. The number of nitrogens with one attached hydrogen (secondary N) is 1. The van der Waals surface area contributed by atoms with Crippen LogP contribution in [0.2, 0.25) is 0 Å². The Hall–Kier alpha value is -1.74. The van der Waals surface area contributed by atoms with E-state index >= 15 is 0 Å². The normalized spacial score (nSPS) is 8.40. The second kappa shape index (κ2) is 2.70. The molecule has 5 heteroatoms. The number of hydrogen-bond acceptors (Lipinski definition) is 4. The first-order valence-corrected chi connectivity index (χ1v) is 2.46. The van der Waals surface area contributed by atoms with Crippen LogP contribution in [0.5, 0.6) is 0 Å². The number of aliphatic imine (C=N–C) groups is 1. The summed E-state index contributed by atoms with van der Waals surface area (Å²) in [7, 11) is 0. The van der Waals surface area contributed by atoms with Crippen molar-refractivity contribution in [2.75, 3.05) is 0 Å². The molecule has 1 heterocycles. The summed E-state index contributed by atoms with van der Waals surface area (Å²) in [6.07, 6.45) is 2.51. The Morgan fingerprint density at radius 1 is 1.70 bits per heavy atom. The first-order chi connectivity index (χ1) is 4.83. The van der Waals surface area contributed by atoms with Crippen molar-refractivity contribution in [3.63, 3.8) is 0 Å². The Morgan fingerprint density at radius 3 is 3.10 bits per heavy atom. The van der Waals surface area contributed by atoms with Crippen molar-refractivity contribution >= 4 is 12.0 Å². The minimum absolute atomic E-state index is 0.0255. The van der Waals surface area contributed by atoms with Gasteiger partial charge in [-0.05, 0) is 0 Å². The molecule has 0 aliphatic carbocycles. The monoisotopic (exact) mass is 137 g/mol. The number of isocyanates is 1. The summed E-state index contributed by atoms with van der Waals surface area (Å²) < 4.78 is 0. The highest BCUT2D eigenvalue weighted by molar-refractivity contribution is 5.40. The fourth-order valence-corrected chi connectivity index (χ4v) is 0.460. The van der Waals surface area contributed by atoms with Gasteiger partial charge in [0.05, 0.1) is 0 Å². The largest absolute Gasteiger partial charge is 0.290 e. The van der Waals surface area contributed by atoms with Gasteiger partial charge in [-0.1, -0.05) is 0 Å². The van der Waals surface area contributed by atoms with Crippen LogP contribution in [0.15, 0.2) is 22.1 Å². The van der Waals surface area contributed by atoms with Gasteiger partial charge in [-0.15, -0.1) is 4.99 Å². The molecule has 0 aliphatic rings. The maximum atomic E-state index is 10.5. The minimum Gasteiger partial charge on any atom is -0.290 e. The molecule has 1 rings (SSSR count). The molecule has 1 N–H and O–H groups in total. The average Bonchev–Trinajstić information content (AvgIpc) is 1.88. The highest BCUT2D eigenvalue weighted by Crippen LogP contribution is 1.92. The molecule has 50 valence electrons. The minimum atomic E-state index is -0.344. The van der Waals surface area contributed by atoms with E-state index in [1.807, 2.05) is 0 Å². The van der Waals surface area contributed by atoms with E-state index in [0.717, 1.165) is 0 Å². The molecule has 0 bridgehead atoms. The van der Waals surface area contributed by atoms with Crippen LogP contribution in [-0.4, -0.2) is 16.0 Å². The lowest BCUT2D eigenvalue weighted by Gasteiger charge is -1.83. The molecule has 0 saturated heterocycles. The number of aromatic amines is 1.